The van der Waals surface area contributed by atoms with Gasteiger partial charge in [-0.15, -0.1) is 11.3 Å². The van der Waals surface area contributed by atoms with Gasteiger partial charge in [-0.3, -0.25) is 14.5 Å². The van der Waals surface area contributed by atoms with E-state index >= 15 is 0 Å². The lowest BCUT2D eigenvalue weighted by atomic mass is 10.0. The highest BCUT2D eigenvalue weighted by Crippen LogP contribution is 2.38. The maximum Gasteiger partial charge on any atom is 0.256 e. The zero-order valence-electron chi connectivity index (χ0n) is 23.6. The molecule has 2 amide bonds. The van der Waals surface area contributed by atoms with Crippen LogP contribution < -0.4 is 5.32 Å². The van der Waals surface area contributed by atoms with E-state index in [1.54, 1.807) is 14.1 Å². The number of benzene rings is 2. The summed E-state index contributed by atoms with van der Waals surface area (Å²) in [5.74, 6) is -0.520. The molecule has 0 atom stereocenters. The van der Waals surface area contributed by atoms with Crippen LogP contribution in [-0.2, 0) is 29.5 Å². The summed E-state index contributed by atoms with van der Waals surface area (Å²) in [6, 6.07) is 16.3. The second-order valence-electron chi connectivity index (χ2n) is 10.2. The van der Waals surface area contributed by atoms with Crippen molar-refractivity contribution in [3.63, 3.8) is 0 Å². The molecule has 1 N–H and O–H groups in total. The number of rotatable bonds is 11. The molecule has 0 saturated heterocycles. The van der Waals surface area contributed by atoms with Crippen LogP contribution in [0.4, 0.5) is 5.00 Å². The van der Waals surface area contributed by atoms with Gasteiger partial charge < -0.3 is 10.2 Å². The van der Waals surface area contributed by atoms with Crippen LogP contribution in [0.15, 0.2) is 59.5 Å². The second-order valence-corrected chi connectivity index (χ2v) is 13.3. The molecule has 3 aromatic rings. The van der Waals surface area contributed by atoms with Gasteiger partial charge in [-0.05, 0) is 54.7 Å². The molecule has 214 valence electrons. The SMILES string of the molecule is CCCN(CCC)S(=O)(=O)c1ccc(C(=O)Nc2sc3c(c2C(=O)N(C)C)CCN(Cc2ccccc2)C3)cc1. The molecule has 0 radical (unpaired) electrons. The third kappa shape index (κ3) is 6.63. The Bertz CT molecular complexity index is 1430. The predicted molar refractivity (Wildman–Crippen MR) is 160 cm³/mol. The van der Waals surface area contributed by atoms with E-state index in [2.05, 4.69) is 22.3 Å². The van der Waals surface area contributed by atoms with Gasteiger partial charge in [0.15, 0.2) is 0 Å². The number of nitrogens with zero attached hydrogens (tertiary/aromatic N) is 3. The Balaban J connectivity index is 1.55. The number of hydrogen-bond donors (Lipinski definition) is 1. The minimum absolute atomic E-state index is 0.141. The first-order chi connectivity index (χ1) is 19.1. The van der Waals surface area contributed by atoms with Crippen molar-refractivity contribution >= 4 is 38.2 Å². The molecule has 4 rings (SSSR count). The Labute approximate surface area is 241 Å². The molecule has 0 spiro atoms. The van der Waals surface area contributed by atoms with Gasteiger partial charge in [0.05, 0.1) is 10.5 Å². The molecule has 0 fully saturated rings. The van der Waals surface area contributed by atoms with E-state index in [1.165, 1.54) is 50.4 Å². The maximum absolute atomic E-state index is 13.3. The number of thiophene rings is 1. The summed E-state index contributed by atoms with van der Waals surface area (Å²) in [6.45, 7) is 7.15. The summed E-state index contributed by atoms with van der Waals surface area (Å²) in [5.41, 5.74) is 3.11. The van der Waals surface area contributed by atoms with Gasteiger partial charge in [0.1, 0.15) is 5.00 Å². The molecule has 0 unspecified atom stereocenters. The van der Waals surface area contributed by atoms with Crippen LogP contribution in [0.25, 0.3) is 0 Å². The maximum atomic E-state index is 13.3. The van der Waals surface area contributed by atoms with E-state index in [9.17, 15) is 18.0 Å². The molecule has 0 aliphatic carbocycles. The summed E-state index contributed by atoms with van der Waals surface area (Å²) in [6.07, 6.45) is 2.17. The molecule has 40 heavy (non-hydrogen) atoms. The molecule has 10 heteroatoms. The highest BCUT2D eigenvalue weighted by atomic mass is 32.2. The summed E-state index contributed by atoms with van der Waals surface area (Å²) in [4.78, 5) is 31.6. The van der Waals surface area contributed by atoms with Crippen molar-refractivity contribution in [1.82, 2.24) is 14.1 Å². The number of carbonyl (C=O) groups excluding carboxylic acids is 2. The third-order valence-electron chi connectivity index (χ3n) is 6.93. The number of hydrogen-bond acceptors (Lipinski definition) is 6. The van der Waals surface area contributed by atoms with Gasteiger partial charge in [0.25, 0.3) is 11.8 Å². The van der Waals surface area contributed by atoms with E-state index in [0.717, 1.165) is 42.8 Å². The van der Waals surface area contributed by atoms with Crippen LogP contribution in [0.2, 0.25) is 0 Å². The molecule has 0 saturated carbocycles. The number of anilines is 1. The highest BCUT2D eigenvalue weighted by Gasteiger charge is 2.30. The molecule has 0 bridgehead atoms. The normalized spacial score (nSPS) is 13.7. The average Bonchev–Trinajstić information content (AvgIpc) is 3.29. The minimum Gasteiger partial charge on any atom is -0.345 e. The molecule has 1 aromatic heterocycles. The predicted octanol–water partition coefficient (Wildman–Crippen LogP) is 5.07. The van der Waals surface area contributed by atoms with Crippen LogP contribution in [0.1, 0.15) is 63.4 Å². The first kappa shape index (κ1) is 29.9. The standard InChI is InChI=1S/C30H38N4O4S2/c1-5-17-34(18-6-2)40(37,38)24-14-12-23(13-15-24)28(35)31-29-27(30(36)32(3)4)25-16-19-33(21-26(25)39-29)20-22-10-8-7-9-11-22/h7-15H,5-6,16-21H2,1-4H3,(H,31,35). The lowest BCUT2D eigenvalue weighted by Crippen LogP contribution is -2.32. The number of amides is 2. The van der Waals surface area contributed by atoms with E-state index < -0.39 is 10.0 Å². The lowest BCUT2D eigenvalue weighted by Gasteiger charge is -2.27. The average molecular weight is 583 g/mol. The minimum atomic E-state index is -3.64. The van der Waals surface area contributed by atoms with Gasteiger partial charge in [0.2, 0.25) is 10.0 Å². The Hall–Kier alpha value is -3.05. The Morgan fingerprint density at radius 1 is 0.975 bits per heavy atom. The molecular formula is C30H38N4O4S2. The first-order valence-electron chi connectivity index (χ1n) is 13.7. The number of carbonyl (C=O) groups is 2. The smallest absolute Gasteiger partial charge is 0.256 e. The highest BCUT2D eigenvalue weighted by molar-refractivity contribution is 7.89. The Kier molecular flexibility index (Phi) is 9.78. The topological polar surface area (TPSA) is 90.0 Å². The van der Waals surface area contributed by atoms with Crippen molar-refractivity contribution in [1.29, 1.82) is 0 Å². The Morgan fingerprint density at radius 3 is 2.23 bits per heavy atom. The fourth-order valence-corrected chi connectivity index (χ4v) is 7.83. The van der Waals surface area contributed by atoms with E-state index in [1.807, 2.05) is 32.0 Å². The number of nitrogens with one attached hydrogen (secondary N) is 1. The quantitative estimate of drug-likeness (QED) is 0.341. The Morgan fingerprint density at radius 2 is 1.62 bits per heavy atom. The van der Waals surface area contributed by atoms with Gasteiger partial charge in [-0.2, -0.15) is 4.31 Å². The largest absolute Gasteiger partial charge is 0.345 e. The number of sulfonamides is 1. The summed E-state index contributed by atoms with van der Waals surface area (Å²) in [7, 11) is -0.215. The zero-order chi connectivity index (χ0) is 28.9. The summed E-state index contributed by atoms with van der Waals surface area (Å²) in [5, 5.41) is 3.49. The molecule has 8 nitrogen and oxygen atoms in total. The van der Waals surface area contributed by atoms with Gasteiger partial charge in [0, 0.05) is 57.3 Å². The molecule has 2 heterocycles. The van der Waals surface area contributed by atoms with E-state index in [-0.39, 0.29) is 16.7 Å². The monoisotopic (exact) mass is 582 g/mol. The van der Waals surface area contributed by atoms with Crippen LogP contribution in [-0.4, -0.2) is 68.1 Å². The molecule has 1 aliphatic heterocycles. The second kappa shape index (κ2) is 13.1. The molecular weight excluding hydrogens is 544 g/mol. The summed E-state index contributed by atoms with van der Waals surface area (Å²) >= 11 is 1.44. The van der Waals surface area contributed by atoms with Crippen LogP contribution in [0.3, 0.4) is 0 Å². The van der Waals surface area contributed by atoms with Crippen LogP contribution in [0, 0.1) is 0 Å². The van der Waals surface area contributed by atoms with Crippen molar-refractivity contribution < 1.29 is 18.0 Å². The van der Waals surface area contributed by atoms with Crippen molar-refractivity contribution in [2.75, 3.05) is 39.0 Å². The van der Waals surface area contributed by atoms with Gasteiger partial charge >= 0.3 is 0 Å². The third-order valence-corrected chi connectivity index (χ3v) is 9.98. The van der Waals surface area contributed by atoms with Gasteiger partial charge in [-0.1, -0.05) is 44.2 Å². The lowest BCUT2D eigenvalue weighted by molar-refractivity contribution is 0.0827. The molecule has 2 aromatic carbocycles. The van der Waals surface area contributed by atoms with Crippen LogP contribution in [0.5, 0.6) is 0 Å². The first-order valence-corrected chi connectivity index (χ1v) is 15.9. The van der Waals surface area contributed by atoms with Crippen molar-refractivity contribution in [3.05, 3.63) is 81.7 Å². The zero-order valence-corrected chi connectivity index (χ0v) is 25.3. The summed E-state index contributed by atoms with van der Waals surface area (Å²) < 4.78 is 27.7. The molecule has 1 aliphatic rings. The van der Waals surface area contributed by atoms with Gasteiger partial charge in [-0.25, -0.2) is 8.42 Å². The van der Waals surface area contributed by atoms with Crippen molar-refractivity contribution in [3.8, 4) is 0 Å². The van der Waals surface area contributed by atoms with E-state index in [0.29, 0.717) is 35.8 Å². The van der Waals surface area contributed by atoms with Crippen molar-refractivity contribution in [2.45, 2.75) is 51.1 Å². The number of fused-ring (bicyclic) bond motifs is 1. The fraction of sp³-hybridized carbons (Fsp3) is 0.400. The van der Waals surface area contributed by atoms with E-state index in [4.69, 9.17) is 0 Å². The van der Waals surface area contributed by atoms with Crippen molar-refractivity contribution in [2.24, 2.45) is 0 Å². The van der Waals surface area contributed by atoms with Crippen LogP contribution >= 0.6 is 11.3 Å². The fourth-order valence-electron chi connectivity index (χ4n) is 4.92.